The molecule has 0 aliphatic rings. The Balaban J connectivity index is 1.91. The van der Waals surface area contributed by atoms with E-state index >= 15 is 0 Å². The van der Waals surface area contributed by atoms with Crippen molar-refractivity contribution >= 4 is 42.6 Å². The SMILES string of the molecule is CCCCN(CC)S(=O)(=O)c1ccc(C(=O)N(CCN(CC)CC)c2nc3ccc(C)cc3s2)cc1. The van der Waals surface area contributed by atoms with Gasteiger partial charge in [0.2, 0.25) is 10.0 Å². The van der Waals surface area contributed by atoms with E-state index in [-0.39, 0.29) is 10.8 Å². The van der Waals surface area contributed by atoms with Crippen LogP contribution in [-0.4, -0.2) is 67.8 Å². The number of sulfonamides is 1. The van der Waals surface area contributed by atoms with E-state index in [4.69, 9.17) is 4.98 Å². The molecule has 0 saturated heterocycles. The Hall–Kier alpha value is -2.33. The first-order valence-electron chi connectivity index (χ1n) is 12.8. The van der Waals surface area contributed by atoms with Gasteiger partial charge in [-0.25, -0.2) is 13.4 Å². The summed E-state index contributed by atoms with van der Waals surface area (Å²) in [6.07, 6.45) is 1.74. The lowest BCUT2D eigenvalue weighted by Gasteiger charge is -2.25. The average molecular weight is 531 g/mol. The molecule has 3 aromatic rings. The van der Waals surface area contributed by atoms with Crippen molar-refractivity contribution in [1.29, 1.82) is 0 Å². The monoisotopic (exact) mass is 530 g/mol. The van der Waals surface area contributed by atoms with Gasteiger partial charge in [0.05, 0.1) is 15.1 Å². The van der Waals surface area contributed by atoms with E-state index in [9.17, 15) is 13.2 Å². The molecule has 1 heterocycles. The summed E-state index contributed by atoms with van der Waals surface area (Å²) in [4.78, 5) is 22.6. The van der Waals surface area contributed by atoms with Crippen molar-refractivity contribution in [1.82, 2.24) is 14.2 Å². The number of likely N-dealkylation sites (N-methyl/N-ethyl adjacent to an activating group) is 1. The Labute approximate surface area is 219 Å². The zero-order chi connectivity index (χ0) is 26.3. The fraction of sp³-hybridized carbons (Fsp3) is 0.481. The summed E-state index contributed by atoms with van der Waals surface area (Å²) in [6, 6.07) is 12.4. The molecular weight excluding hydrogens is 492 g/mol. The van der Waals surface area contributed by atoms with E-state index in [0.29, 0.717) is 30.3 Å². The predicted molar refractivity (Wildman–Crippen MR) is 150 cm³/mol. The van der Waals surface area contributed by atoms with Crippen LogP contribution in [0.5, 0.6) is 0 Å². The van der Waals surface area contributed by atoms with Crippen molar-refractivity contribution in [3.05, 3.63) is 53.6 Å². The second kappa shape index (κ2) is 12.8. The quantitative estimate of drug-likeness (QED) is 0.296. The van der Waals surface area contributed by atoms with E-state index in [2.05, 4.69) is 24.8 Å². The van der Waals surface area contributed by atoms with Crippen LogP contribution in [0, 0.1) is 6.92 Å². The van der Waals surface area contributed by atoms with E-state index in [0.717, 1.165) is 48.3 Å². The molecule has 2 aromatic carbocycles. The van der Waals surface area contributed by atoms with Crippen LogP contribution in [0.15, 0.2) is 47.4 Å². The van der Waals surface area contributed by atoms with Crippen LogP contribution in [-0.2, 0) is 10.0 Å². The lowest BCUT2D eigenvalue weighted by molar-refractivity contribution is 0.0983. The maximum atomic E-state index is 13.7. The molecule has 0 N–H and O–H groups in total. The molecule has 9 heteroatoms. The van der Waals surface area contributed by atoms with Crippen molar-refractivity contribution in [2.45, 2.75) is 52.4 Å². The van der Waals surface area contributed by atoms with Gasteiger partial charge in [0.25, 0.3) is 5.91 Å². The molecule has 0 fully saturated rings. The molecule has 0 spiro atoms. The van der Waals surface area contributed by atoms with Gasteiger partial charge in [-0.1, -0.05) is 51.5 Å². The van der Waals surface area contributed by atoms with Crippen LogP contribution in [0.4, 0.5) is 5.13 Å². The van der Waals surface area contributed by atoms with E-state index in [1.165, 1.54) is 15.6 Å². The van der Waals surface area contributed by atoms with Gasteiger partial charge in [-0.05, 0) is 68.4 Å². The summed E-state index contributed by atoms with van der Waals surface area (Å²) in [6.45, 7) is 14.1. The summed E-state index contributed by atoms with van der Waals surface area (Å²) in [5.74, 6) is -0.180. The predicted octanol–water partition coefficient (Wildman–Crippen LogP) is 5.40. The number of rotatable bonds is 13. The summed E-state index contributed by atoms with van der Waals surface area (Å²) in [5, 5.41) is 0.654. The third-order valence-electron chi connectivity index (χ3n) is 6.40. The second-order valence-electron chi connectivity index (χ2n) is 8.83. The Kier molecular flexibility index (Phi) is 10.0. The molecule has 0 radical (unpaired) electrons. The summed E-state index contributed by atoms with van der Waals surface area (Å²) in [7, 11) is -3.60. The number of hydrogen-bond donors (Lipinski definition) is 0. The van der Waals surface area contributed by atoms with Gasteiger partial charge < -0.3 is 4.90 Å². The van der Waals surface area contributed by atoms with Gasteiger partial charge in [-0.2, -0.15) is 4.31 Å². The zero-order valence-corrected chi connectivity index (χ0v) is 23.7. The maximum absolute atomic E-state index is 13.7. The Morgan fingerprint density at radius 2 is 1.61 bits per heavy atom. The standard InChI is InChI=1S/C27H38N4O3S2/c1-6-10-17-30(9-4)36(33,34)23-14-12-22(13-15-23)26(32)31(19-18-29(7-2)8-3)27-28-24-16-11-21(5)20-25(24)35-27/h11-16,20H,6-10,17-19H2,1-5H3. The number of unbranched alkanes of at least 4 members (excludes halogenated alkanes) is 1. The molecule has 0 aliphatic carbocycles. The fourth-order valence-corrected chi connectivity index (χ4v) is 6.63. The van der Waals surface area contributed by atoms with Gasteiger partial charge in [-0.3, -0.25) is 9.69 Å². The third-order valence-corrected chi connectivity index (χ3v) is 9.43. The minimum Gasteiger partial charge on any atom is -0.302 e. The number of amides is 1. The minimum atomic E-state index is -3.60. The molecular formula is C27H38N4O3S2. The first-order chi connectivity index (χ1) is 17.2. The number of benzene rings is 2. The van der Waals surface area contributed by atoms with Crippen molar-refractivity contribution < 1.29 is 13.2 Å². The number of nitrogens with zero attached hydrogens (tertiary/aromatic N) is 4. The zero-order valence-electron chi connectivity index (χ0n) is 22.0. The Bertz CT molecular complexity index is 1250. The molecule has 1 amide bonds. The second-order valence-corrected chi connectivity index (χ2v) is 11.8. The number of aromatic nitrogens is 1. The number of thiazole rings is 1. The van der Waals surface area contributed by atoms with Crippen molar-refractivity contribution in [2.24, 2.45) is 0 Å². The number of hydrogen-bond acceptors (Lipinski definition) is 6. The fourth-order valence-electron chi connectivity index (χ4n) is 4.06. The largest absolute Gasteiger partial charge is 0.302 e. The first kappa shape index (κ1) is 28.2. The molecule has 7 nitrogen and oxygen atoms in total. The van der Waals surface area contributed by atoms with Crippen molar-refractivity contribution in [2.75, 3.05) is 44.2 Å². The third kappa shape index (κ3) is 6.51. The Morgan fingerprint density at radius 3 is 2.22 bits per heavy atom. The van der Waals surface area contributed by atoms with Crippen LogP contribution in [0.3, 0.4) is 0 Å². The molecule has 0 atom stereocenters. The molecule has 0 bridgehead atoms. The first-order valence-corrected chi connectivity index (χ1v) is 15.0. The number of carbonyl (C=O) groups is 1. The normalized spacial score (nSPS) is 12.1. The van der Waals surface area contributed by atoms with Crippen LogP contribution in [0.2, 0.25) is 0 Å². The van der Waals surface area contributed by atoms with Crippen molar-refractivity contribution in [3.8, 4) is 0 Å². The van der Waals surface area contributed by atoms with Gasteiger partial charge in [0.1, 0.15) is 0 Å². The lowest BCUT2D eigenvalue weighted by Crippen LogP contribution is -2.39. The van der Waals surface area contributed by atoms with Crippen LogP contribution in [0.1, 0.15) is 56.5 Å². The van der Waals surface area contributed by atoms with Crippen molar-refractivity contribution in [3.63, 3.8) is 0 Å². The molecule has 36 heavy (non-hydrogen) atoms. The van der Waals surface area contributed by atoms with E-state index < -0.39 is 10.0 Å². The maximum Gasteiger partial charge on any atom is 0.260 e. The van der Waals surface area contributed by atoms with Crippen LogP contribution < -0.4 is 4.90 Å². The van der Waals surface area contributed by atoms with Gasteiger partial charge in [0.15, 0.2) is 5.13 Å². The molecule has 0 saturated carbocycles. The van der Waals surface area contributed by atoms with E-state index in [1.54, 1.807) is 29.2 Å². The summed E-state index contributed by atoms with van der Waals surface area (Å²) in [5.41, 5.74) is 2.46. The van der Waals surface area contributed by atoms with E-state index in [1.807, 2.05) is 32.9 Å². The number of anilines is 1. The highest BCUT2D eigenvalue weighted by atomic mass is 32.2. The highest BCUT2D eigenvalue weighted by Gasteiger charge is 2.25. The van der Waals surface area contributed by atoms with Gasteiger partial charge in [0, 0.05) is 31.7 Å². The topological polar surface area (TPSA) is 73.8 Å². The Morgan fingerprint density at radius 1 is 0.917 bits per heavy atom. The molecule has 0 unspecified atom stereocenters. The molecule has 0 aliphatic heterocycles. The number of fused-ring (bicyclic) bond motifs is 1. The molecule has 3 rings (SSSR count). The molecule has 1 aromatic heterocycles. The number of aryl methyl sites for hydroxylation is 1. The smallest absolute Gasteiger partial charge is 0.260 e. The van der Waals surface area contributed by atoms with Crippen LogP contribution in [0.25, 0.3) is 10.2 Å². The average Bonchev–Trinajstić information content (AvgIpc) is 3.29. The van der Waals surface area contributed by atoms with Gasteiger partial charge >= 0.3 is 0 Å². The van der Waals surface area contributed by atoms with Crippen LogP contribution >= 0.6 is 11.3 Å². The summed E-state index contributed by atoms with van der Waals surface area (Å²) >= 11 is 1.50. The molecule has 196 valence electrons. The minimum absolute atomic E-state index is 0.180. The summed E-state index contributed by atoms with van der Waals surface area (Å²) < 4.78 is 28.7. The lowest BCUT2D eigenvalue weighted by atomic mass is 10.2. The van der Waals surface area contributed by atoms with Gasteiger partial charge in [-0.15, -0.1) is 0 Å². The number of carbonyl (C=O) groups excluding carboxylic acids is 1. The highest BCUT2D eigenvalue weighted by molar-refractivity contribution is 7.89. The highest BCUT2D eigenvalue weighted by Crippen LogP contribution is 2.30.